The maximum atomic E-state index is 11.3. The molecular formula is C13H11ClN2O3. The van der Waals surface area contributed by atoms with Gasteiger partial charge in [0.05, 0.1) is 18.5 Å². The number of benzene rings is 1. The number of methoxy groups -OCH3 is 1. The van der Waals surface area contributed by atoms with Crippen LogP contribution in [-0.4, -0.2) is 28.2 Å². The quantitative estimate of drug-likeness (QED) is 0.934. The molecule has 0 aliphatic rings. The summed E-state index contributed by atoms with van der Waals surface area (Å²) in [6.07, 6.45) is 1.32. The molecule has 2 rings (SSSR count). The molecule has 19 heavy (non-hydrogen) atoms. The summed E-state index contributed by atoms with van der Waals surface area (Å²) >= 11 is 5.95. The summed E-state index contributed by atoms with van der Waals surface area (Å²) in [5.74, 6) is -0.583. The molecule has 1 heterocycles. The number of halogens is 1. The van der Waals surface area contributed by atoms with E-state index >= 15 is 0 Å². The van der Waals surface area contributed by atoms with Crippen LogP contribution in [0.3, 0.4) is 0 Å². The van der Waals surface area contributed by atoms with E-state index in [2.05, 4.69) is 9.97 Å². The van der Waals surface area contributed by atoms with Crippen LogP contribution in [-0.2, 0) is 0 Å². The maximum Gasteiger partial charge on any atom is 0.339 e. The van der Waals surface area contributed by atoms with Crippen molar-refractivity contribution in [1.82, 2.24) is 9.97 Å². The van der Waals surface area contributed by atoms with E-state index in [0.29, 0.717) is 27.7 Å². The number of nitrogens with zero attached hydrogens (tertiary/aromatic N) is 2. The molecule has 0 saturated carbocycles. The predicted octanol–water partition coefficient (Wildman–Crippen LogP) is 2.81. The van der Waals surface area contributed by atoms with Gasteiger partial charge in [0, 0.05) is 10.6 Å². The van der Waals surface area contributed by atoms with Gasteiger partial charge in [-0.1, -0.05) is 11.6 Å². The van der Waals surface area contributed by atoms with Crippen LogP contribution in [0, 0.1) is 6.92 Å². The lowest BCUT2D eigenvalue weighted by atomic mass is 10.0. The van der Waals surface area contributed by atoms with E-state index in [1.807, 2.05) is 0 Å². The summed E-state index contributed by atoms with van der Waals surface area (Å²) in [6.45, 7) is 1.62. The van der Waals surface area contributed by atoms with E-state index in [9.17, 15) is 9.90 Å². The van der Waals surface area contributed by atoms with E-state index in [1.54, 1.807) is 25.1 Å². The summed E-state index contributed by atoms with van der Waals surface area (Å²) in [7, 11) is 1.50. The van der Waals surface area contributed by atoms with Crippen molar-refractivity contribution >= 4 is 17.6 Å². The second-order valence-electron chi connectivity index (χ2n) is 3.83. The first kappa shape index (κ1) is 13.3. The second-order valence-corrected chi connectivity index (χ2v) is 4.27. The Kier molecular flexibility index (Phi) is 3.66. The maximum absolute atomic E-state index is 11.3. The van der Waals surface area contributed by atoms with Gasteiger partial charge in [0.2, 0.25) is 0 Å². The summed E-state index contributed by atoms with van der Waals surface area (Å²) in [5, 5.41) is 9.76. The van der Waals surface area contributed by atoms with Crippen LogP contribution in [0.25, 0.3) is 11.3 Å². The molecule has 0 fully saturated rings. The molecule has 98 valence electrons. The molecule has 0 amide bonds. The Morgan fingerprint density at radius 1 is 1.37 bits per heavy atom. The first-order chi connectivity index (χ1) is 9.04. The summed E-state index contributed by atoms with van der Waals surface area (Å²) in [6, 6.07) is 4.95. The Morgan fingerprint density at radius 3 is 2.74 bits per heavy atom. The SMILES string of the molecule is COc1ccc(Cl)cc1-c1ncnc(C)c1C(=O)O. The van der Waals surface area contributed by atoms with Gasteiger partial charge in [-0.05, 0) is 25.1 Å². The number of carboxylic acid groups (broad SMARTS) is 1. The topological polar surface area (TPSA) is 72.3 Å². The molecule has 0 radical (unpaired) electrons. The van der Waals surface area contributed by atoms with Crippen LogP contribution in [0.15, 0.2) is 24.5 Å². The molecule has 0 bridgehead atoms. The highest BCUT2D eigenvalue weighted by molar-refractivity contribution is 6.31. The minimum atomic E-state index is -1.09. The number of carbonyl (C=O) groups is 1. The monoisotopic (exact) mass is 278 g/mol. The zero-order chi connectivity index (χ0) is 14.0. The van der Waals surface area contributed by atoms with Gasteiger partial charge in [-0.2, -0.15) is 0 Å². The number of aromatic carboxylic acids is 1. The number of rotatable bonds is 3. The van der Waals surface area contributed by atoms with Gasteiger partial charge in [-0.15, -0.1) is 0 Å². The zero-order valence-electron chi connectivity index (χ0n) is 10.3. The summed E-state index contributed by atoms with van der Waals surface area (Å²) in [4.78, 5) is 19.3. The number of ether oxygens (including phenoxy) is 1. The molecular weight excluding hydrogens is 268 g/mol. The van der Waals surface area contributed by atoms with Gasteiger partial charge >= 0.3 is 5.97 Å². The van der Waals surface area contributed by atoms with E-state index in [0.717, 1.165) is 0 Å². The van der Waals surface area contributed by atoms with Crippen molar-refractivity contribution in [3.8, 4) is 17.0 Å². The lowest BCUT2D eigenvalue weighted by molar-refractivity contribution is 0.0696. The molecule has 2 aromatic rings. The number of aromatic nitrogens is 2. The highest BCUT2D eigenvalue weighted by Crippen LogP contribution is 2.33. The zero-order valence-corrected chi connectivity index (χ0v) is 11.1. The molecule has 6 heteroatoms. The van der Waals surface area contributed by atoms with Crippen LogP contribution in [0.2, 0.25) is 5.02 Å². The Bertz CT molecular complexity index is 644. The lowest BCUT2D eigenvalue weighted by Gasteiger charge is -2.11. The standard InChI is InChI=1S/C13H11ClN2O3/c1-7-11(13(17)18)12(16-6-15-7)9-5-8(14)3-4-10(9)19-2/h3-6H,1-2H3,(H,17,18). The largest absolute Gasteiger partial charge is 0.496 e. The van der Waals surface area contributed by atoms with Crippen molar-refractivity contribution < 1.29 is 14.6 Å². The normalized spacial score (nSPS) is 10.3. The predicted molar refractivity (Wildman–Crippen MR) is 70.7 cm³/mol. The Morgan fingerprint density at radius 2 is 2.11 bits per heavy atom. The Hall–Kier alpha value is -2.14. The van der Waals surface area contributed by atoms with Crippen molar-refractivity contribution in [2.24, 2.45) is 0 Å². The number of aryl methyl sites for hydroxylation is 1. The minimum absolute atomic E-state index is 0.0445. The van der Waals surface area contributed by atoms with Gasteiger partial charge in [0.15, 0.2) is 0 Å². The second kappa shape index (κ2) is 5.24. The van der Waals surface area contributed by atoms with Crippen molar-refractivity contribution in [2.75, 3.05) is 7.11 Å². The molecule has 1 aromatic heterocycles. The van der Waals surface area contributed by atoms with Crippen LogP contribution >= 0.6 is 11.6 Å². The van der Waals surface area contributed by atoms with Gasteiger partial charge in [0.25, 0.3) is 0 Å². The fourth-order valence-corrected chi connectivity index (χ4v) is 1.97. The number of carboxylic acids is 1. The lowest BCUT2D eigenvalue weighted by Crippen LogP contribution is -2.07. The van der Waals surface area contributed by atoms with E-state index in [1.165, 1.54) is 13.4 Å². The van der Waals surface area contributed by atoms with Crippen LogP contribution in [0.5, 0.6) is 5.75 Å². The Labute approximate surface area is 114 Å². The summed E-state index contributed by atoms with van der Waals surface area (Å²) in [5.41, 5.74) is 1.25. The fourth-order valence-electron chi connectivity index (χ4n) is 1.80. The third-order valence-electron chi connectivity index (χ3n) is 2.67. The molecule has 1 aromatic carbocycles. The summed E-state index contributed by atoms with van der Waals surface area (Å²) < 4.78 is 5.22. The molecule has 5 nitrogen and oxygen atoms in total. The molecule has 0 spiro atoms. The van der Waals surface area contributed by atoms with Gasteiger partial charge in [-0.25, -0.2) is 14.8 Å². The molecule has 0 aliphatic carbocycles. The molecule has 0 aliphatic heterocycles. The smallest absolute Gasteiger partial charge is 0.339 e. The molecule has 0 unspecified atom stereocenters. The van der Waals surface area contributed by atoms with Crippen molar-refractivity contribution in [1.29, 1.82) is 0 Å². The molecule has 0 atom stereocenters. The average Bonchev–Trinajstić information content (AvgIpc) is 2.37. The molecule has 1 N–H and O–H groups in total. The van der Waals surface area contributed by atoms with Gasteiger partial charge in [-0.3, -0.25) is 0 Å². The third-order valence-corrected chi connectivity index (χ3v) is 2.90. The fraction of sp³-hybridized carbons (Fsp3) is 0.154. The van der Waals surface area contributed by atoms with Crippen molar-refractivity contribution in [3.05, 3.63) is 40.8 Å². The van der Waals surface area contributed by atoms with Gasteiger partial charge < -0.3 is 9.84 Å². The Balaban J connectivity index is 2.75. The van der Waals surface area contributed by atoms with Crippen LogP contribution < -0.4 is 4.74 Å². The first-order valence-electron chi connectivity index (χ1n) is 5.43. The van der Waals surface area contributed by atoms with Crippen LogP contribution in [0.1, 0.15) is 16.1 Å². The van der Waals surface area contributed by atoms with E-state index in [4.69, 9.17) is 16.3 Å². The third kappa shape index (κ3) is 2.51. The number of hydrogen-bond donors (Lipinski definition) is 1. The molecule has 0 saturated heterocycles. The highest BCUT2D eigenvalue weighted by atomic mass is 35.5. The number of hydrogen-bond acceptors (Lipinski definition) is 4. The van der Waals surface area contributed by atoms with Crippen molar-refractivity contribution in [3.63, 3.8) is 0 Å². The highest BCUT2D eigenvalue weighted by Gasteiger charge is 2.19. The van der Waals surface area contributed by atoms with Crippen LogP contribution in [0.4, 0.5) is 0 Å². The first-order valence-corrected chi connectivity index (χ1v) is 5.81. The van der Waals surface area contributed by atoms with E-state index in [-0.39, 0.29) is 5.56 Å². The van der Waals surface area contributed by atoms with Crippen molar-refractivity contribution in [2.45, 2.75) is 6.92 Å². The minimum Gasteiger partial charge on any atom is -0.496 e. The van der Waals surface area contributed by atoms with E-state index < -0.39 is 5.97 Å². The van der Waals surface area contributed by atoms with Gasteiger partial charge in [0.1, 0.15) is 17.6 Å². The average molecular weight is 279 g/mol.